The fourth-order valence-electron chi connectivity index (χ4n) is 3.58. The lowest BCUT2D eigenvalue weighted by molar-refractivity contribution is -0.188. The zero-order valence-electron chi connectivity index (χ0n) is 14.1. The van der Waals surface area contributed by atoms with Crippen LogP contribution in [0.4, 0.5) is 13.2 Å². The minimum Gasteiger partial charge on any atom is -0.342 e. The molecule has 0 spiro atoms. The van der Waals surface area contributed by atoms with Gasteiger partial charge in [-0.05, 0) is 37.1 Å². The Kier molecular flexibility index (Phi) is 5.64. The van der Waals surface area contributed by atoms with Gasteiger partial charge < -0.3 is 4.90 Å². The monoisotopic (exact) mass is 410 g/mol. The summed E-state index contributed by atoms with van der Waals surface area (Å²) in [5.41, 5.74) is 0. The SMILES string of the molecule is O=C(C1CCN(S(=O)(=O)c2cccs2)CC1)N1CCC[C@@H](C(F)(F)F)C1. The van der Waals surface area contributed by atoms with Crippen LogP contribution in [0.1, 0.15) is 25.7 Å². The Morgan fingerprint density at radius 3 is 2.42 bits per heavy atom. The fraction of sp³-hybridized carbons (Fsp3) is 0.688. The van der Waals surface area contributed by atoms with Crippen LogP contribution >= 0.6 is 11.3 Å². The summed E-state index contributed by atoms with van der Waals surface area (Å²) in [5, 5.41) is 1.69. The van der Waals surface area contributed by atoms with Crippen molar-refractivity contribution in [1.82, 2.24) is 9.21 Å². The molecule has 5 nitrogen and oxygen atoms in total. The van der Waals surface area contributed by atoms with E-state index in [2.05, 4.69) is 0 Å². The van der Waals surface area contributed by atoms with E-state index in [0.29, 0.717) is 25.8 Å². The van der Waals surface area contributed by atoms with Crippen molar-refractivity contribution in [1.29, 1.82) is 0 Å². The van der Waals surface area contributed by atoms with Crippen molar-refractivity contribution in [3.05, 3.63) is 17.5 Å². The molecule has 2 aliphatic heterocycles. The maximum Gasteiger partial charge on any atom is 0.393 e. The molecule has 146 valence electrons. The van der Waals surface area contributed by atoms with Crippen LogP contribution in [0.25, 0.3) is 0 Å². The van der Waals surface area contributed by atoms with Gasteiger partial charge in [0, 0.05) is 32.1 Å². The summed E-state index contributed by atoms with van der Waals surface area (Å²) in [7, 11) is -3.54. The number of carbonyl (C=O) groups is 1. The van der Waals surface area contributed by atoms with Crippen LogP contribution in [0.5, 0.6) is 0 Å². The molecule has 2 saturated heterocycles. The highest BCUT2D eigenvalue weighted by molar-refractivity contribution is 7.91. The Morgan fingerprint density at radius 1 is 1.15 bits per heavy atom. The minimum atomic E-state index is -4.28. The number of thiophene rings is 1. The van der Waals surface area contributed by atoms with Crippen molar-refractivity contribution in [2.24, 2.45) is 11.8 Å². The summed E-state index contributed by atoms with van der Waals surface area (Å²) < 4.78 is 65.4. The van der Waals surface area contributed by atoms with Crippen LogP contribution < -0.4 is 0 Å². The standard InChI is InChI=1S/C16H21F3N2O3S2/c17-16(18,19)13-3-1-7-20(11-13)15(22)12-5-8-21(9-6-12)26(23,24)14-4-2-10-25-14/h2,4,10,12-13H,1,3,5-9,11H2/t13-/m1/s1. The second-order valence-electron chi connectivity index (χ2n) is 6.78. The van der Waals surface area contributed by atoms with Gasteiger partial charge >= 0.3 is 6.18 Å². The summed E-state index contributed by atoms with van der Waals surface area (Å²) in [6.07, 6.45) is -3.18. The maximum atomic E-state index is 12.9. The van der Waals surface area contributed by atoms with E-state index >= 15 is 0 Å². The van der Waals surface area contributed by atoms with E-state index in [4.69, 9.17) is 0 Å². The lowest BCUT2D eigenvalue weighted by atomic mass is 9.92. The summed E-state index contributed by atoms with van der Waals surface area (Å²) in [6, 6.07) is 3.21. The zero-order valence-corrected chi connectivity index (χ0v) is 15.7. The number of alkyl halides is 3. The van der Waals surface area contributed by atoms with Crippen LogP contribution in [0.2, 0.25) is 0 Å². The molecule has 0 aromatic carbocycles. The second-order valence-corrected chi connectivity index (χ2v) is 9.89. The lowest BCUT2D eigenvalue weighted by Gasteiger charge is -2.37. The number of halogens is 3. The van der Waals surface area contributed by atoms with Gasteiger partial charge in [-0.15, -0.1) is 11.3 Å². The van der Waals surface area contributed by atoms with E-state index in [9.17, 15) is 26.4 Å². The highest BCUT2D eigenvalue weighted by Crippen LogP contribution is 2.34. The molecular weight excluding hydrogens is 389 g/mol. The molecule has 2 fully saturated rings. The molecule has 0 aliphatic carbocycles. The summed E-state index contributed by atoms with van der Waals surface area (Å²) in [4.78, 5) is 13.9. The lowest BCUT2D eigenvalue weighted by Crippen LogP contribution is -2.49. The Balaban J connectivity index is 1.59. The van der Waals surface area contributed by atoms with Gasteiger partial charge in [0.1, 0.15) is 4.21 Å². The first kappa shape index (κ1) is 19.6. The Hall–Kier alpha value is -1.13. The van der Waals surface area contributed by atoms with Crippen LogP contribution in [0.3, 0.4) is 0 Å². The molecule has 0 radical (unpaired) electrons. The molecule has 1 aromatic heterocycles. The van der Waals surface area contributed by atoms with Gasteiger partial charge in [0.05, 0.1) is 5.92 Å². The molecule has 1 atom stereocenters. The third kappa shape index (κ3) is 4.07. The number of likely N-dealkylation sites (tertiary alicyclic amines) is 1. The predicted molar refractivity (Wildman–Crippen MR) is 91.2 cm³/mol. The van der Waals surface area contributed by atoms with Gasteiger partial charge in [-0.1, -0.05) is 6.07 Å². The smallest absolute Gasteiger partial charge is 0.342 e. The molecule has 3 heterocycles. The van der Waals surface area contributed by atoms with E-state index in [1.807, 2.05) is 0 Å². The number of hydrogen-bond donors (Lipinski definition) is 0. The quantitative estimate of drug-likeness (QED) is 0.770. The molecule has 10 heteroatoms. The van der Waals surface area contributed by atoms with Crippen LogP contribution in [-0.4, -0.2) is 55.9 Å². The minimum absolute atomic E-state index is 0.0603. The van der Waals surface area contributed by atoms with Crippen molar-refractivity contribution in [3.63, 3.8) is 0 Å². The van der Waals surface area contributed by atoms with Crippen LogP contribution in [0.15, 0.2) is 21.7 Å². The molecule has 1 aromatic rings. The Bertz CT molecular complexity index is 726. The first-order valence-electron chi connectivity index (χ1n) is 8.59. The highest BCUT2D eigenvalue weighted by atomic mass is 32.2. The summed E-state index contributed by atoms with van der Waals surface area (Å²) in [5.74, 6) is -2.14. The van der Waals surface area contributed by atoms with E-state index in [1.54, 1.807) is 17.5 Å². The molecule has 0 bridgehead atoms. The van der Waals surface area contributed by atoms with E-state index < -0.39 is 28.0 Å². The van der Waals surface area contributed by atoms with Gasteiger partial charge in [0.25, 0.3) is 10.0 Å². The third-order valence-electron chi connectivity index (χ3n) is 5.09. The molecule has 0 N–H and O–H groups in total. The first-order valence-corrected chi connectivity index (χ1v) is 10.9. The van der Waals surface area contributed by atoms with Gasteiger partial charge in [-0.25, -0.2) is 8.42 Å². The van der Waals surface area contributed by atoms with Gasteiger partial charge in [0.2, 0.25) is 5.91 Å². The van der Waals surface area contributed by atoms with E-state index in [-0.39, 0.29) is 36.2 Å². The van der Waals surface area contributed by atoms with Crippen molar-refractivity contribution >= 4 is 27.3 Å². The van der Waals surface area contributed by atoms with Crippen LogP contribution in [0, 0.1) is 11.8 Å². The largest absolute Gasteiger partial charge is 0.393 e. The van der Waals surface area contributed by atoms with Crippen molar-refractivity contribution in [2.75, 3.05) is 26.2 Å². The maximum absolute atomic E-state index is 12.9. The van der Waals surface area contributed by atoms with Gasteiger partial charge in [-0.3, -0.25) is 4.79 Å². The fourth-order valence-corrected chi connectivity index (χ4v) is 6.20. The summed E-state index contributed by atoms with van der Waals surface area (Å²) >= 11 is 1.14. The van der Waals surface area contributed by atoms with Gasteiger partial charge in [0.15, 0.2) is 0 Å². The number of sulfonamides is 1. The predicted octanol–water partition coefficient (Wildman–Crippen LogP) is 2.95. The van der Waals surface area contributed by atoms with Crippen molar-refractivity contribution < 1.29 is 26.4 Å². The van der Waals surface area contributed by atoms with Crippen LogP contribution in [-0.2, 0) is 14.8 Å². The van der Waals surface area contributed by atoms with E-state index in [0.717, 1.165) is 11.3 Å². The molecule has 0 saturated carbocycles. The average molecular weight is 410 g/mol. The molecule has 3 rings (SSSR count). The number of amides is 1. The zero-order chi connectivity index (χ0) is 18.9. The first-order chi connectivity index (χ1) is 12.2. The number of nitrogens with zero attached hydrogens (tertiary/aromatic N) is 2. The topological polar surface area (TPSA) is 57.7 Å². The van der Waals surface area contributed by atoms with E-state index in [1.165, 1.54) is 9.21 Å². The summed E-state index contributed by atoms with van der Waals surface area (Å²) in [6.45, 7) is 0.496. The third-order valence-corrected chi connectivity index (χ3v) is 8.36. The van der Waals surface area contributed by atoms with Crippen molar-refractivity contribution in [2.45, 2.75) is 36.1 Å². The average Bonchev–Trinajstić information content (AvgIpc) is 3.16. The number of rotatable bonds is 3. The molecule has 26 heavy (non-hydrogen) atoms. The number of carbonyl (C=O) groups excluding carboxylic acids is 1. The van der Waals surface area contributed by atoms with Gasteiger partial charge in [-0.2, -0.15) is 17.5 Å². The normalized spacial score (nSPS) is 24.0. The number of hydrogen-bond acceptors (Lipinski definition) is 4. The second kappa shape index (κ2) is 7.47. The molecule has 2 aliphatic rings. The Labute approximate surface area is 154 Å². The Morgan fingerprint density at radius 2 is 1.85 bits per heavy atom. The number of piperidine rings is 2. The highest BCUT2D eigenvalue weighted by Gasteiger charge is 2.44. The molecular formula is C16H21F3N2O3S2. The molecule has 0 unspecified atom stereocenters. The van der Waals surface area contributed by atoms with Crippen molar-refractivity contribution in [3.8, 4) is 0 Å². The molecule has 1 amide bonds.